The van der Waals surface area contributed by atoms with Crippen LogP contribution in [0.1, 0.15) is 0 Å². The molecule has 0 saturated carbocycles. The molecule has 0 aromatic heterocycles. The third kappa shape index (κ3) is 26.1. The van der Waals surface area contributed by atoms with Gasteiger partial charge < -0.3 is 35.2 Å². The Balaban J connectivity index is 0.000000934. The second kappa shape index (κ2) is 43.4. The van der Waals surface area contributed by atoms with Gasteiger partial charge in [0.25, 0.3) is 0 Å². The predicted molar refractivity (Wildman–Crippen MR) is 324 cm³/mol. The molecule has 8 aromatic carbocycles. The third-order valence-corrected chi connectivity index (χ3v) is 18.6. The maximum absolute atomic E-state index is 12.0. The fourth-order valence-electron chi connectivity index (χ4n) is 6.67. The van der Waals surface area contributed by atoms with Crippen LogP contribution in [0.4, 0.5) is 9.59 Å². The Labute approximate surface area is 496 Å². The number of carbonyl (C=O) groups excluding carboxylic acids is 2. The van der Waals surface area contributed by atoms with Crippen molar-refractivity contribution in [1.82, 2.24) is 9.34 Å². The number of hydrogen-bond acceptors (Lipinski definition) is 4. The Bertz CT molecular complexity index is 2290. The van der Waals surface area contributed by atoms with E-state index in [1.165, 1.54) is 35.3 Å². The van der Waals surface area contributed by atoms with Crippen molar-refractivity contribution >= 4 is 133 Å². The van der Waals surface area contributed by atoms with Crippen LogP contribution in [-0.2, 0) is 40.8 Å². The fourth-order valence-corrected chi connectivity index (χ4v) is 14.2. The van der Waals surface area contributed by atoms with E-state index < -0.39 is 32.4 Å². The van der Waals surface area contributed by atoms with E-state index in [0.29, 0.717) is 0 Å². The Kier molecular flexibility index (Phi) is 41.3. The Morgan fingerprint density at radius 1 is 0.360 bits per heavy atom. The van der Waals surface area contributed by atoms with Gasteiger partial charge in [0, 0.05) is 16.3 Å². The summed E-state index contributed by atoms with van der Waals surface area (Å²) in [5.74, 6) is 0. The molecule has 0 bridgehead atoms. The molecule has 2 N–H and O–H groups in total. The second-order valence-corrected chi connectivity index (χ2v) is 24.9. The molecule has 0 aliphatic carbocycles. The number of amides is 4. The summed E-state index contributed by atoms with van der Waals surface area (Å²) in [5, 5.41) is 16.3. The number of benzene rings is 8. The molecule has 8 rings (SSSR count). The summed E-state index contributed by atoms with van der Waals surface area (Å²) in [4.78, 5) is 47.8. The zero-order valence-electron chi connectivity index (χ0n) is 41.6. The zero-order valence-corrected chi connectivity index (χ0v) is 51.7. The van der Waals surface area contributed by atoms with E-state index in [4.69, 9.17) is 46.4 Å². The van der Waals surface area contributed by atoms with Crippen molar-refractivity contribution in [2.75, 3.05) is 38.9 Å². The summed E-state index contributed by atoms with van der Waals surface area (Å²) in [6, 6.07) is 78.5. The summed E-state index contributed by atoms with van der Waals surface area (Å²) in [6.45, 7) is 0. The minimum atomic E-state index is -1.79. The van der Waals surface area contributed by atoms with E-state index >= 15 is 0 Å². The molecular weight excluding hydrogens is 1290 g/mol. The number of rotatable bonds is 10. The van der Waals surface area contributed by atoms with Gasteiger partial charge in [-0.3, -0.25) is 9.59 Å². The van der Waals surface area contributed by atoms with E-state index in [-0.39, 0.29) is 69.1 Å². The molecule has 400 valence electrons. The van der Waals surface area contributed by atoms with Crippen LogP contribution in [0.25, 0.3) is 10.6 Å². The predicted octanol–water partition coefficient (Wildman–Crippen LogP) is 9.91. The van der Waals surface area contributed by atoms with Gasteiger partial charge in [0.2, 0.25) is 0 Å². The zero-order chi connectivity index (χ0) is 52.4. The molecule has 0 aliphatic heterocycles. The van der Waals surface area contributed by atoms with E-state index in [1.54, 1.807) is 9.34 Å². The molecule has 0 spiro atoms. The third-order valence-electron chi connectivity index (χ3n) is 9.96. The minimum Gasteiger partial charge on any atom is -0.673 e. The van der Waals surface area contributed by atoms with Crippen LogP contribution in [0.15, 0.2) is 243 Å². The van der Waals surface area contributed by atoms with Gasteiger partial charge in [0.15, 0.2) is 12.1 Å². The Morgan fingerprint density at radius 3 is 0.627 bits per heavy atom. The average molecular weight is 1350 g/mol. The van der Waals surface area contributed by atoms with Crippen molar-refractivity contribution in [3.05, 3.63) is 253 Å². The molecule has 8 aromatic rings. The van der Waals surface area contributed by atoms with Crippen molar-refractivity contribution in [1.29, 1.82) is 0 Å². The first-order chi connectivity index (χ1) is 35.1. The van der Waals surface area contributed by atoms with Gasteiger partial charge in [0.1, 0.15) is 21.2 Å². The number of alkyl halides is 4. The number of nitrogens with zero attached hydrogens (tertiary/aromatic N) is 4. The maximum Gasteiger partial charge on any atom is 2.00 e. The number of hydrogen-bond donors (Lipinski definition) is 0. The molecule has 0 aliphatic rings. The number of halogens is 4. The Hall–Kier alpha value is -3.62. The van der Waals surface area contributed by atoms with Gasteiger partial charge in [-0.15, -0.1) is 46.4 Å². The van der Waals surface area contributed by atoms with Crippen molar-refractivity contribution in [3.8, 4) is 0 Å². The molecule has 0 atom stereocenters. The van der Waals surface area contributed by atoms with Crippen LogP contribution in [0, 0.1) is 0 Å². The van der Waals surface area contributed by atoms with E-state index in [2.05, 4.69) is 59.2 Å². The summed E-state index contributed by atoms with van der Waals surface area (Å²) in [6.07, 6.45) is 0. The first-order valence-corrected chi connectivity index (χ1v) is 30.2. The van der Waals surface area contributed by atoms with Crippen LogP contribution in [0.2, 0.25) is 0 Å². The molecule has 0 heterocycles. The van der Waals surface area contributed by atoms with Crippen LogP contribution in [0.5, 0.6) is 0 Å². The van der Waals surface area contributed by atoms with Crippen molar-refractivity contribution in [2.24, 2.45) is 0 Å². The topological polar surface area (TPSA) is 146 Å². The van der Waals surface area contributed by atoms with Crippen LogP contribution in [0.3, 0.4) is 0 Å². The van der Waals surface area contributed by atoms with Gasteiger partial charge in [-0.2, -0.15) is 0 Å². The summed E-state index contributed by atoms with van der Waals surface area (Å²) >= 11 is 19.1. The largest absolute Gasteiger partial charge is 2.00 e. The molecule has 9 nitrogen and oxygen atoms in total. The van der Waals surface area contributed by atoms with E-state index in [1.807, 2.05) is 208 Å². The molecule has 0 fully saturated rings. The second-order valence-electron chi connectivity index (χ2n) is 14.6. The summed E-state index contributed by atoms with van der Waals surface area (Å²) in [5.41, 5.74) is 0. The average Bonchev–Trinajstić information content (AvgIpc) is 3.45. The molecule has 0 unspecified atom stereocenters. The Morgan fingerprint density at radius 2 is 0.493 bits per heavy atom. The molecule has 0 saturated heterocycles. The monoisotopic (exact) mass is 1350 g/mol. The van der Waals surface area contributed by atoms with Crippen molar-refractivity contribution in [2.45, 2.75) is 0 Å². The first kappa shape index (κ1) is 71.4. The normalized spacial score (nSPS) is 9.57. The van der Waals surface area contributed by atoms with Gasteiger partial charge in [-0.1, -0.05) is 160 Å². The standard InChI is InChI=1S/2C15H17N2OP.2C12H11OP.2CH2Cl2.H2O.2Pd/c2*1-16-15(18)17(2)19(13-9-5-3-6-10-13)14-11-7-4-8-12-14;2*13-14(11-7-3-1-4-8-11)12-9-5-2-6-10-12;2*2-1-3;;;/h2*3-12H,1-2H3,(H,16,18);2*1-10,14H;2*1H2;1H2;;/q;;;;;;;2*+2. The molecular formula is C56H62Cl4N4O5P4Pd2+4. The van der Waals surface area contributed by atoms with Crippen molar-refractivity contribution < 1.29 is 65.7 Å². The minimum absolute atomic E-state index is 0. The molecule has 0 radical (unpaired) electrons. The first-order valence-electron chi connectivity index (χ1n) is 22.3. The molecule has 4 amide bonds. The number of urea groups is 2. The summed E-state index contributed by atoms with van der Waals surface area (Å²) < 4.78 is 3.52. The SMILES string of the molecule is C[N-]C(=O)N(C)[PH+](c1ccccc1)c1ccccc1.C[N-]C(=O)N(C)[PH+](c1ccccc1)c1ccccc1.ClCCl.ClCCl.O.[O-][PH+](c1ccccc1)c1ccccc1.[O-][PH+](c1ccccc1)c1ccccc1.[Pd+2].[Pd+2]. The maximum atomic E-state index is 12.0. The van der Waals surface area contributed by atoms with Crippen LogP contribution < -0.4 is 52.2 Å². The quantitative estimate of drug-likeness (QED) is 0.0762. The van der Waals surface area contributed by atoms with Crippen LogP contribution >= 0.6 is 78.8 Å². The molecule has 75 heavy (non-hydrogen) atoms. The van der Waals surface area contributed by atoms with E-state index in [9.17, 15) is 19.4 Å². The van der Waals surface area contributed by atoms with Gasteiger partial charge >= 0.3 is 40.8 Å². The number of carbonyl (C=O) groups is 2. The van der Waals surface area contributed by atoms with Gasteiger partial charge in [0.05, 0.1) is 48.0 Å². The van der Waals surface area contributed by atoms with E-state index in [0.717, 1.165) is 21.2 Å². The van der Waals surface area contributed by atoms with Gasteiger partial charge in [-0.25, -0.2) is 0 Å². The van der Waals surface area contributed by atoms with Crippen molar-refractivity contribution in [3.63, 3.8) is 0 Å². The van der Waals surface area contributed by atoms with Crippen LogP contribution in [-0.4, -0.2) is 65.7 Å². The smallest absolute Gasteiger partial charge is 0.673 e. The fraction of sp³-hybridized carbons (Fsp3) is 0.107. The summed E-state index contributed by atoms with van der Waals surface area (Å²) in [7, 11) is 0.531. The van der Waals surface area contributed by atoms with Gasteiger partial charge in [-0.05, 0) is 111 Å². The molecule has 19 heteroatoms.